The van der Waals surface area contributed by atoms with Crippen LogP contribution in [0.25, 0.3) is 0 Å². The molecule has 3 N–H and O–H groups in total. The first-order valence-electron chi connectivity index (χ1n) is 7.29. The molecule has 23 heavy (non-hydrogen) atoms. The molecule has 0 aliphatic carbocycles. The summed E-state index contributed by atoms with van der Waals surface area (Å²) in [5, 5.41) is 3.42. The van der Waals surface area contributed by atoms with Crippen LogP contribution in [0.4, 0.5) is 0 Å². The fourth-order valence-corrected chi connectivity index (χ4v) is 2.23. The maximum atomic E-state index is 12.3. The molecule has 2 aromatic rings. The molecular formula is C17H20ClN3O2. The highest BCUT2D eigenvalue weighted by Gasteiger charge is 2.19. The van der Waals surface area contributed by atoms with E-state index < -0.39 is 5.54 Å². The van der Waals surface area contributed by atoms with E-state index in [0.29, 0.717) is 23.7 Å². The Hall–Kier alpha value is -2.11. The molecule has 6 heteroatoms. The second kappa shape index (κ2) is 6.98. The summed E-state index contributed by atoms with van der Waals surface area (Å²) in [6.45, 7) is 4.30. The van der Waals surface area contributed by atoms with Crippen molar-refractivity contribution in [3.05, 3.63) is 69.1 Å². The van der Waals surface area contributed by atoms with Crippen molar-refractivity contribution in [2.75, 3.05) is 6.54 Å². The quantitative estimate of drug-likeness (QED) is 0.878. The van der Waals surface area contributed by atoms with Gasteiger partial charge in [0.05, 0.1) is 12.1 Å². The lowest BCUT2D eigenvalue weighted by Gasteiger charge is -2.24. The summed E-state index contributed by atoms with van der Waals surface area (Å²) >= 11 is 6.13. The summed E-state index contributed by atoms with van der Waals surface area (Å²) in [5.41, 5.74) is 6.13. The van der Waals surface area contributed by atoms with E-state index in [1.165, 1.54) is 22.9 Å². The zero-order valence-corrected chi connectivity index (χ0v) is 13.9. The normalized spacial score (nSPS) is 11.3. The van der Waals surface area contributed by atoms with E-state index in [4.69, 9.17) is 17.3 Å². The number of aromatic nitrogens is 1. The number of halogens is 1. The predicted octanol–water partition coefficient (Wildman–Crippen LogP) is 2.02. The minimum Gasteiger partial charge on any atom is -0.346 e. The molecule has 0 aliphatic rings. The molecule has 0 fully saturated rings. The van der Waals surface area contributed by atoms with Crippen LogP contribution in [-0.2, 0) is 6.54 Å². The van der Waals surface area contributed by atoms with Crippen LogP contribution < -0.4 is 16.6 Å². The first kappa shape index (κ1) is 17.2. The zero-order chi connectivity index (χ0) is 17.0. The minimum absolute atomic E-state index is 0.195. The van der Waals surface area contributed by atoms with Gasteiger partial charge in [0.2, 0.25) is 0 Å². The molecule has 2 rings (SSSR count). The largest absolute Gasteiger partial charge is 0.346 e. The summed E-state index contributed by atoms with van der Waals surface area (Å²) in [5.74, 6) is -0.270. The van der Waals surface area contributed by atoms with Crippen molar-refractivity contribution in [1.82, 2.24) is 9.88 Å². The number of rotatable bonds is 5. The number of nitrogens with zero attached hydrogens (tertiary/aromatic N) is 1. The summed E-state index contributed by atoms with van der Waals surface area (Å²) < 4.78 is 1.46. The Bertz CT molecular complexity index is 768. The molecule has 5 nitrogen and oxygen atoms in total. The number of carbonyl (C=O) groups excluding carboxylic acids is 1. The number of amides is 1. The Morgan fingerprint density at radius 1 is 1.26 bits per heavy atom. The van der Waals surface area contributed by atoms with Crippen LogP contribution >= 0.6 is 11.6 Å². The lowest BCUT2D eigenvalue weighted by molar-refractivity contribution is 0.0915. The number of carbonyl (C=O) groups is 1. The van der Waals surface area contributed by atoms with Gasteiger partial charge in [-0.15, -0.1) is 0 Å². The molecule has 0 aliphatic heterocycles. The van der Waals surface area contributed by atoms with Gasteiger partial charge < -0.3 is 15.6 Å². The molecule has 0 saturated heterocycles. The second-order valence-electron chi connectivity index (χ2n) is 6.02. The fourth-order valence-electron chi connectivity index (χ4n) is 2.03. The Morgan fingerprint density at radius 2 is 1.96 bits per heavy atom. The van der Waals surface area contributed by atoms with Gasteiger partial charge in [-0.1, -0.05) is 29.8 Å². The van der Waals surface area contributed by atoms with Crippen LogP contribution in [0.1, 0.15) is 29.8 Å². The summed E-state index contributed by atoms with van der Waals surface area (Å²) in [7, 11) is 0. The number of nitrogens with two attached hydrogens (primary N) is 1. The topological polar surface area (TPSA) is 77.1 Å². The van der Waals surface area contributed by atoms with Crippen molar-refractivity contribution >= 4 is 17.5 Å². The van der Waals surface area contributed by atoms with Crippen LogP contribution in [0, 0.1) is 0 Å². The van der Waals surface area contributed by atoms with E-state index >= 15 is 0 Å². The molecule has 0 spiro atoms. The average Bonchev–Trinajstić information content (AvgIpc) is 2.51. The minimum atomic E-state index is -0.513. The van der Waals surface area contributed by atoms with Gasteiger partial charge in [-0.25, -0.2) is 0 Å². The Kier molecular flexibility index (Phi) is 5.23. The Balaban J connectivity index is 2.28. The molecule has 0 atom stereocenters. The summed E-state index contributed by atoms with van der Waals surface area (Å²) in [6.07, 6.45) is 1.54. The average molecular weight is 334 g/mol. The number of hydrogen-bond donors (Lipinski definition) is 2. The smallest absolute Gasteiger partial charge is 0.253 e. The van der Waals surface area contributed by atoms with E-state index in [9.17, 15) is 9.59 Å². The molecular weight excluding hydrogens is 314 g/mol. The van der Waals surface area contributed by atoms with Gasteiger partial charge in [-0.2, -0.15) is 0 Å². The van der Waals surface area contributed by atoms with E-state index in [1.807, 2.05) is 32.0 Å². The Labute approximate surface area is 140 Å². The van der Waals surface area contributed by atoms with Crippen LogP contribution in [0.5, 0.6) is 0 Å². The van der Waals surface area contributed by atoms with Crippen molar-refractivity contribution in [3.63, 3.8) is 0 Å². The number of nitrogens with one attached hydrogen (secondary N) is 1. The second-order valence-corrected chi connectivity index (χ2v) is 6.42. The number of benzene rings is 1. The fraction of sp³-hybridized carbons (Fsp3) is 0.294. The number of pyridine rings is 1. The highest BCUT2D eigenvalue weighted by molar-refractivity contribution is 6.31. The van der Waals surface area contributed by atoms with Crippen molar-refractivity contribution in [1.29, 1.82) is 0 Å². The molecule has 1 aromatic carbocycles. The van der Waals surface area contributed by atoms with Gasteiger partial charge in [0.15, 0.2) is 0 Å². The molecule has 0 unspecified atom stereocenters. The van der Waals surface area contributed by atoms with Crippen LogP contribution in [-0.4, -0.2) is 22.6 Å². The third-order valence-corrected chi connectivity index (χ3v) is 3.88. The van der Waals surface area contributed by atoms with E-state index in [1.54, 1.807) is 6.07 Å². The highest BCUT2D eigenvalue weighted by Crippen LogP contribution is 2.15. The molecule has 122 valence electrons. The lowest BCUT2D eigenvalue weighted by atomic mass is 10.1. The maximum Gasteiger partial charge on any atom is 0.253 e. The molecule has 1 heterocycles. The van der Waals surface area contributed by atoms with Gasteiger partial charge in [0, 0.05) is 29.4 Å². The highest BCUT2D eigenvalue weighted by atomic mass is 35.5. The third-order valence-electron chi connectivity index (χ3n) is 3.51. The van der Waals surface area contributed by atoms with Crippen molar-refractivity contribution < 1.29 is 4.79 Å². The third kappa shape index (κ3) is 4.43. The van der Waals surface area contributed by atoms with E-state index in [2.05, 4.69) is 5.32 Å². The SMILES string of the molecule is CC(C)(CN)NC(=O)c1ccc(=O)n(Cc2ccccc2Cl)c1. The van der Waals surface area contributed by atoms with Crippen LogP contribution in [0.2, 0.25) is 5.02 Å². The molecule has 0 bridgehead atoms. The molecule has 1 aromatic heterocycles. The summed E-state index contributed by atoms with van der Waals surface area (Å²) in [6, 6.07) is 10.2. The molecule has 1 amide bonds. The van der Waals surface area contributed by atoms with Crippen molar-refractivity contribution in [2.45, 2.75) is 25.9 Å². The lowest BCUT2D eigenvalue weighted by Crippen LogP contribution is -2.49. The van der Waals surface area contributed by atoms with Crippen molar-refractivity contribution in [3.8, 4) is 0 Å². The first-order valence-corrected chi connectivity index (χ1v) is 7.67. The zero-order valence-electron chi connectivity index (χ0n) is 13.2. The Morgan fingerprint density at radius 3 is 2.61 bits per heavy atom. The maximum absolute atomic E-state index is 12.3. The van der Waals surface area contributed by atoms with Crippen LogP contribution in [0.3, 0.4) is 0 Å². The van der Waals surface area contributed by atoms with Gasteiger partial charge in [-0.05, 0) is 31.5 Å². The standard InChI is InChI=1S/C17H20ClN3O2/c1-17(2,11-19)20-16(23)13-7-8-15(22)21(10-13)9-12-5-3-4-6-14(12)18/h3-8,10H,9,11,19H2,1-2H3,(H,20,23). The van der Waals surface area contributed by atoms with E-state index in [0.717, 1.165) is 5.56 Å². The molecule has 0 radical (unpaired) electrons. The first-order chi connectivity index (χ1) is 10.8. The predicted molar refractivity (Wildman–Crippen MR) is 91.9 cm³/mol. The van der Waals surface area contributed by atoms with Gasteiger partial charge >= 0.3 is 0 Å². The molecule has 0 saturated carbocycles. The summed E-state index contributed by atoms with van der Waals surface area (Å²) in [4.78, 5) is 24.3. The van der Waals surface area contributed by atoms with Crippen LogP contribution in [0.15, 0.2) is 47.4 Å². The monoisotopic (exact) mass is 333 g/mol. The van der Waals surface area contributed by atoms with Gasteiger partial charge in [-0.3, -0.25) is 9.59 Å². The van der Waals surface area contributed by atoms with E-state index in [-0.39, 0.29) is 11.5 Å². The van der Waals surface area contributed by atoms with Gasteiger partial charge in [0.25, 0.3) is 11.5 Å². The van der Waals surface area contributed by atoms with Crippen molar-refractivity contribution in [2.24, 2.45) is 5.73 Å². The number of hydrogen-bond acceptors (Lipinski definition) is 3. The van der Waals surface area contributed by atoms with Gasteiger partial charge in [0.1, 0.15) is 0 Å².